The van der Waals surface area contributed by atoms with E-state index in [1.165, 1.54) is 0 Å². The van der Waals surface area contributed by atoms with Crippen LogP contribution < -0.4 is 9.80 Å². The average Bonchev–Trinajstić information content (AvgIpc) is 3.25. The first-order chi connectivity index (χ1) is 12.2. The van der Waals surface area contributed by atoms with Crippen molar-refractivity contribution in [2.24, 2.45) is 0 Å². The lowest BCUT2D eigenvalue weighted by molar-refractivity contribution is -0.117. The van der Waals surface area contributed by atoms with E-state index in [2.05, 4.69) is 26.1 Å². The zero-order valence-corrected chi connectivity index (χ0v) is 14.0. The number of aromatic nitrogens is 5. The zero-order valence-electron chi connectivity index (χ0n) is 14.0. The quantitative estimate of drug-likeness (QED) is 0.723. The third-order valence-electron chi connectivity index (χ3n) is 5.00. The molecule has 3 aromatic heterocycles. The van der Waals surface area contributed by atoms with Gasteiger partial charge in [0.05, 0.1) is 24.1 Å². The number of fused-ring (bicyclic) bond motifs is 1. The molecule has 2 aliphatic rings. The van der Waals surface area contributed by atoms with Gasteiger partial charge in [-0.3, -0.25) is 9.48 Å². The summed E-state index contributed by atoms with van der Waals surface area (Å²) in [6.07, 6.45) is 7.14. The van der Waals surface area contributed by atoms with Gasteiger partial charge in [-0.15, -0.1) is 0 Å². The lowest BCUT2D eigenvalue weighted by Crippen LogP contribution is -2.48. The summed E-state index contributed by atoms with van der Waals surface area (Å²) in [5, 5.41) is 8.85. The number of nitrogens with zero attached hydrogens (tertiary/aromatic N) is 7. The van der Waals surface area contributed by atoms with Crippen molar-refractivity contribution < 1.29 is 4.79 Å². The molecule has 2 fully saturated rings. The minimum atomic E-state index is 0.197. The summed E-state index contributed by atoms with van der Waals surface area (Å²) in [5.74, 6) is 1.26. The monoisotopic (exact) mass is 337 g/mol. The molecular weight excluding hydrogens is 318 g/mol. The molecule has 0 atom stereocenters. The van der Waals surface area contributed by atoms with Crippen LogP contribution in [0.25, 0.3) is 5.65 Å². The van der Waals surface area contributed by atoms with Gasteiger partial charge < -0.3 is 9.80 Å². The van der Waals surface area contributed by atoms with Crippen LogP contribution in [-0.2, 0) is 4.79 Å². The van der Waals surface area contributed by atoms with Crippen LogP contribution >= 0.6 is 0 Å². The van der Waals surface area contributed by atoms with Crippen molar-refractivity contribution in [2.75, 3.05) is 29.4 Å². The van der Waals surface area contributed by atoms with Crippen molar-refractivity contribution in [3.8, 4) is 0 Å². The van der Waals surface area contributed by atoms with Crippen LogP contribution in [0.2, 0.25) is 0 Å². The molecule has 0 bridgehead atoms. The summed E-state index contributed by atoms with van der Waals surface area (Å²) in [7, 11) is 0. The van der Waals surface area contributed by atoms with E-state index in [9.17, 15) is 4.79 Å². The van der Waals surface area contributed by atoms with E-state index in [1.807, 2.05) is 33.3 Å². The van der Waals surface area contributed by atoms with Crippen molar-refractivity contribution in [1.82, 2.24) is 24.4 Å². The minimum absolute atomic E-state index is 0.197. The minimum Gasteiger partial charge on any atom is -0.352 e. The second kappa shape index (κ2) is 5.30. The van der Waals surface area contributed by atoms with Crippen LogP contribution in [0.1, 0.15) is 24.6 Å². The standard InChI is InChI=1S/C17H19N7O/c1-12-7-16(24-15(20-12)4-5-18-24)21-9-14(10-21)23-11-13(8-19-23)22-6-2-3-17(22)25/h4-5,7-8,11,14H,2-3,6,9-10H2,1H3. The molecule has 0 unspecified atom stereocenters. The van der Waals surface area contributed by atoms with E-state index in [0.29, 0.717) is 12.5 Å². The second-order valence-corrected chi connectivity index (χ2v) is 6.74. The van der Waals surface area contributed by atoms with Crippen LogP contribution in [0.5, 0.6) is 0 Å². The van der Waals surface area contributed by atoms with Crippen LogP contribution in [0, 0.1) is 6.92 Å². The fourth-order valence-corrected chi connectivity index (χ4v) is 3.64. The first-order valence-corrected chi connectivity index (χ1v) is 8.60. The highest BCUT2D eigenvalue weighted by Crippen LogP contribution is 2.29. The maximum Gasteiger partial charge on any atom is 0.227 e. The van der Waals surface area contributed by atoms with Gasteiger partial charge in [0.2, 0.25) is 5.91 Å². The second-order valence-electron chi connectivity index (χ2n) is 6.74. The van der Waals surface area contributed by atoms with Crippen LogP contribution in [0.4, 0.5) is 11.5 Å². The van der Waals surface area contributed by atoms with E-state index in [4.69, 9.17) is 0 Å². The number of carbonyl (C=O) groups excluding carboxylic acids is 1. The molecule has 0 radical (unpaired) electrons. The molecule has 0 aliphatic carbocycles. The number of hydrogen-bond acceptors (Lipinski definition) is 5. The molecule has 8 nitrogen and oxygen atoms in total. The molecule has 8 heteroatoms. The van der Waals surface area contributed by atoms with Gasteiger partial charge in [-0.25, -0.2) is 4.98 Å². The number of amides is 1. The van der Waals surface area contributed by atoms with Crippen molar-refractivity contribution in [3.63, 3.8) is 0 Å². The fourth-order valence-electron chi connectivity index (χ4n) is 3.64. The highest BCUT2D eigenvalue weighted by atomic mass is 16.2. The summed E-state index contributed by atoms with van der Waals surface area (Å²) in [5.41, 5.74) is 2.77. The van der Waals surface area contributed by atoms with Gasteiger partial charge >= 0.3 is 0 Å². The predicted molar refractivity (Wildman–Crippen MR) is 92.8 cm³/mol. The summed E-state index contributed by atoms with van der Waals surface area (Å²) < 4.78 is 3.85. The molecule has 0 spiro atoms. The molecule has 2 saturated heterocycles. The molecule has 0 aromatic carbocycles. The summed E-state index contributed by atoms with van der Waals surface area (Å²) in [6, 6.07) is 4.29. The van der Waals surface area contributed by atoms with Gasteiger partial charge in [-0.1, -0.05) is 0 Å². The maximum atomic E-state index is 11.9. The topological polar surface area (TPSA) is 71.6 Å². The first-order valence-electron chi connectivity index (χ1n) is 8.60. The third-order valence-corrected chi connectivity index (χ3v) is 5.00. The highest BCUT2D eigenvalue weighted by molar-refractivity contribution is 5.95. The van der Waals surface area contributed by atoms with Crippen molar-refractivity contribution in [1.29, 1.82) is 0 Å². The lowest BCUT2D eigenvalue weighted by atomic mass is 10.1. The van der Waals surface area contributed by atoms with Crippen LogP contribution in [0.3, 0.4) is 0 Å². The normalized spacial score (nSPS) is 18.4. The molecule has 0 saturated carbocycles. The Balaban J connectivity index is 1.34. The van der Waals surface area contributed by atoms with E-state index >= 15 is 0 Å². The van der Waals surface area contributed by atoms with Gasteiger partial charge in [0.25, 0.3) is 0 Å². The predicted octanol–water partition coefficient (Wildman–Crippen LogP) is 1.42. The number of rotatable bonds is 3. The largest absolute Gasteiger partial charge is 0.352 e. The summed E-state index contributed by atoms with van der Waals surface area (Å²) in [6.45, 7) is 4.54. The average molecular weight is 337 g/mol. The fraction of sp³-hybridized carbons (Fsp3) is 0.412. The molecule has 1 amide bonds. The van der Waals surface area contributed by atoms with Gasteiger partial charge in [0, 0.05) is 50.1 Å². The Morgan fingerprint density at radius 3 is 2.92 bits per heavy atom. The number of hydrogen-bond donors (Lipinski definition) is 0. The van der Waals surface area contributed by atoms with Crippen molar-refractivity contribution >= 4 is 23.1 Å². The molecule has 3 aromatic rings. The Morgan fingerprint density at radius 1 is 1.24 bits per heavy atom. The molecule has 0 N–H and O–H groups in total. The van der Waals surface area contributed by atoms with Crippen molar-refractivity contribution in [3.05, 3.63) is 36.4 Å². The molecular formula is C17H19N7O. The van der Waals surface area contributed by atoms with Gasteiger partial charge in [0.15, 0.2) is 5.65 Å². The molecule has 5 heterocycles. The van der Waals surface area contributed by atoms with Crippen LogP contribution in [0.15, 0.2) is 30.7 Å². The SMILES string of the molecule is Cc1cc(N2CC(n3cc(N4CCCC4=O)cn3)C2)n2nccc2n1. The summed E-state index contributed by atoms with van der Waals surface area (Å²) in [4.78, 5) is 20.5. The van der Waals surface area contributed by atoms with E-state index < -0.39 is 0 Å². The van der Waals surface area contributed by atoms with E-state index in [-0.39, 0.29) is 5.91 Å². The Morgan fingerprint density at radius 2 is 2.12 bits per heavy atom. The highest BCUT2D eigenvalue weighted by Gasteiger charge is 2.32. The number of anilines is 2. The Kier molecular flexibility index (Phi) is 3.06. The smallest absolute Gasteiger partial charge is 0.227 e. The summed E-state index contributed by atoms with van der Waals surface area (Å²) >= 11 is 0. The Bertz CT molecular complexity index is 953. The number of carbonyl (C=O) groups is 1. The van der Waals surface area contributed by atoms with Gasteiger partial charge in [0.1, 0.15) is 5.82 Å². The van der Waals surface area contributed by atoms with Gasteiger partial charge in [-0.2, -0.15) is 14.7 Å². The third kappa shape index (κ3) is 2.28. The maximum absolute atomic E-state index is 11.9. The van der Waals surface area contributed by atoms with Crippen molar-refractivity contribution in [2.45, 2.75) is 25.8 Å². The Labute approximate surface area is 144 Å². The van der Waals surface area contributed by atoms with Crippen LogP contribution in [-0.4, -0.2) is 49.9 Å². The number of aryl methyl sites for hydroxylation is 1. The van der Waals surface area contributed by atoms with E-state index in [0.717, 1.165) is 48.9 Å². The van der Waals surface area contributed by atoms with E-state index in [1.54, 1.807) is 12.4 Å². The molecule has 25 heavy (non-hydrogen) atoms. The van der Waals surface area contributed by atoms with Gasteiger partial charge in [-0.05, 0) is 13.3 Å². The molecule has 128 valence electrons. The molecule has 2 aliphatic heterocycles. The lowest BCUT2D eigenvalue weighted by Gasteiger charge is -2.40. The first kappa shape index (κ1) is 14.4. The molecule has 5 rings (SSSR count). The zero-order chi connectivity index (χ0) is 17.0. The Hall–Kier alpha value is -2.90.